The lowest BCUT2D eigenvalue weighted by atomic mass is 10.1. The number of thioether (sulfide) groups is 1. The fraction of sp³-hybridized carbons (Fsp3) is 0.267. The van der Waals surface area contributed by atoms with Crippen molar-refractivity contribution in [2.75, 3.05) is 5.75 Å². The molecule has 2 aromatic rings. The summed E-state index contributed by atoms with van der Waals surface area (Å²) in [6, 6.07) is 9.72. The third-order valence-electron chi connectivity index (χ3n) is 3.25. The van der Waals surface area contributed by atoms with Gasteiger partial charge in [0.25, 0.3) is 0 Å². The van der Waals surface area contributed by atoms with Crippen molar-refractivity contribution in [3.8, 4) is 5.75 Å². The predicted molar refractivity (Wildman–Crippen MR) is 80.5 cm³/mol. The maximum Gasteiger partial charge on any atom is 0.134 e. The van der Waals surface area contributed by atoms with Crippen LogP contribution in [0.3, 0.4) is 0 Å². The lowest BCUT2D eigenvalue weighted by Crippen LogP contribution is -2.37. The molecule has 0 radical (unpaired) electrons. The van der Waals surface area contributed by atoms with Crippen LogP contribution in [0.15, 0.2) is 47.6 Å². The minimum Gasteiger partial charge on any atom is -0.486 e. The van der Waals surface area contributed by atoms with Crippen LogP contribution >= 0.6 is 23.4 Å². The van der Waals surface area contributed by atoms with E-state index in [2.05, 4.69) is 4.98 Å². The molecule has 20 heavy (non-hydrogen) atoms. The first kappa shape index (κ1) is 13.7. The van der Waals surface area contributed by atoms with Gasteiger partial charge >= 0.3 is 0 Å². The Morgan fingerprint density at radius 1 is 1.40 bits per heavy atom. The van der Waals surface area contributed by atoms with Gasteiger partial charge in [-0.3, -0.25) is 4.98 Å². The zero-order valence-corrected chi connectivity index (χ0v) is 12.3. The first-order valence-electron chi connectivity index (χ1n) is 6.39. The lowest BCUT2D eigenvalue weighted by Gasteiger charge is -2.29. The Morgan fingerprint density at radius 3 is 3.10 bits per heavy atom. The highest BCUT2D eigenvalue weighted by atomic mass is 35.5. The van der Waals surface area contributed by atoms with Crippen LogP contribution in [-0.4, -0.2) is 28.1 Å². The average molecular weight is 308 g/mol. The minimum atomic E-state index is -0.587. The highest BCUT2D eigenvalue weighted by Gasteiger charge is 2.27. The van der Waals surface area contributed by atoms with Gasteiger partial charge in [-0.05, 0) is 23.8 Å². The number of aliphatic hydroxyl groups is 1. The van der Waals surface area contributed by atoms with Crippen LogP contribution in [0.1, 0.15) is 5.56 Å². The maximum atomic E-state index is 10.4. The van der Waals surface area contributed by atoms with Crippen molar-refractivity contribution < 1.29 is 9.84 Å². The Morgan fingerprint density at radius 2 is 2.25 bits per heavy atom. The Hall–Kier alpha value is -1.23. The predicted octanol–water partition coefficient (Wildman–Crippen LogP) is 3.19. The van der Waals surface area contributed by atoms with Crippen LogP contribution in [0.4, 0.5) is 0 Å². The largest absolute Gasteiger partial charge is 0.486 e. The van der Waals surface area contributed by atoms with Crippen molar-refractivity contribution in [2.45, 2.75) is 23.5 Å². The standard InChI is InChI=1S/C15H14ClNO2S/c16-11-8-17-6-5-10(11)7-12(18)14-9-20-15-4-2-1-3-13(15)19-14/h1-6,8,12,14,18H,7,9H2. The number of nitrogens with zero attached hydrogens (tertiary/aromatic N) is 1. The third-order valence-corrected chi connectivity index (χ3v) is 4.73. The van der Waals surface area contributed by atoms with Crippen LogP contribution in [-0.2, 0) is 6.42 Å². The molecule has 2 atom stereocenters. The van der Waals surface area contributed by atoms with Gasteiger partial charge in [0.2, 0.25) is 0 Å². The van der Waals surface area contributed by atoms with E-state index in [1.807, 2.05) is 30.3 Å². The summed E-state index contributed by atoms with van der Waals surface area (Å²) in [5, 5.41) is 10.9. The lowest BCUT2D eigenvalue weighted by molar-refractivity contribution is 0.0468. The SMILES string of the molecule is OC(Cc1ccncc1Cl)C1CSc2ccccc2O1. The summed E-state index contributed by atoms with van der Waals surface area (Å²) < 4.78 is 5.88. The number of benzene rings is 1. The molecule has 0 fully saturated rings. The molecule has 1 N–H and O–H groups in total. The molecule has 0 saturated carbocycles. The molecule has 0 spiro atoms. The van der Waals surface area contributed by atoms with Crippen molar-refractivity contribution in [1.29, 1.82) is 0 Å². The molecular formula is C15H14ClNO2S. The molecule has 0 saturated heterocycles. The average Bonchev–Trinajstić information content (AvgIpc) is 2.49. The molecule has 3 nitrogen and oxygen atoms in total. The molecule has 1 aromatic carbocycles. The normalized spacial score (nSPS) is 19.0. The van der Waals surface area contributed by atoms with E-state index in [4.69, 9.17) is 16.3 Å². The van der Waals surface area contributed by atoms with Gasteiger partial charge < -0.3 is 9.84 Å². The maximum absolute atomic E-state index is 10.4. The molecule has 1 aliphatic heterocycles. The van der Waals surface area contributed by atoms with E-state index in [9.17, 15) is 5.11 Å². The summed E-state index contributed by atoms with van der Waals surface area (Å²) in [6.45, 7) is 0. The van der Waals surface area contributed by atoms with E-state index in [0.29, 0.717) is 11.4 Å². The highest BCUT2D eigenvalue weighted by molar-refractivity contribution is 7.99. The van der Waals surface area contributed by atoms with Gasteiger partial charge in [-0.15, -0.1) is 11.8 Å². The fourth-order valence-corrected chi connectivity index (χ4v) is 3.42. The number of ether oxygens (including phenoxy) is 1. The molecule has 2 heterocycles. The van der Waals surface area contributed by atoms with Crippen LogP contribution in [0.5, 0.6) is 5.75 Å². The summed E-state index contributed by atoms with van der Waals surface area (Å²) in [5.74, 6) is 1.58. The zero-order chi connectivity index (χ0) is 13.9. The van der Waals surface area contributed by atoms with Crippen LogP contribution < -0.4 is 4.74 Å². The number of aliphatic hydroxyl groups excluding tert-OH is 1. The van der Waals surface area contributed by atoms with Crippen LogP contribution in [0.25, 0.3) is 0 Å². The number of aromatic nitrogens is 1. The van der Waals surface area contributed by atoms with Crippen molar-refractivity contribution in [3.05, 3.63) is 53.3 Å². The van der Waals surface area contributed by atoms with Crippen molar-refractivity contribution in [3.63, 3.8) is 0 Å². The molecule has 0 aliphatic carbocycles. The number of rotatable bonds is 3. The molecule has 0 bridgehead atoms. The summed E-state index contributed by atoms with van der Waals surface area (Å²) in [5.41, 5.74) is 0.890. The number of hydrogen-bond donors (Lipinski definition) is 1. The minimum absolute atomic E-state index is 0.223. The molecule has 1 aromatic heterocycles. The van der Waals surface area contributed by atoms with E-state index >= 15 is 0 Å². The van der Waals surface area contributed by atoms with Gasteiger partial charge in [0, 0.05) is 29.5 Å². The molecule has 104 valence electrons. The van der Waals surface area contributed by atoms with Gasteiger partial charge in [0.05, 0.1) is 11.1 Å². The highest BCUT2D eigenvalue weighted by Crippen LogP contribution is 2.36. The molecule has 5 heteroatoms. The summed E-state index contributed by atoms with van der Waals surface area (Å²) >= 11 is 7.78. The first-order chi connectivity index (χ1) is 9.74. The van der Waals surface area contributed by atoms with Gasteiger partial charge in [0.1, 0.15) is 11.9 Å². The second kappa shape index (κ2) is 6.04. The van der Waals surface area contributed by atoms with E-state index in [-0.39, 0.29) is 6.10 Å². The Balaban J connectivity index is 1.70. The zero-order valence-electron chi connectivity index (χ0n) is 10.7. The van der Waals surface area contributed by atoms with Crippen molar-refractivity contribution >= 4 is 23.4 Å². The smallest absolute Gasteiger partial charge is 0.134 e. The van der Waals surface area contributed by atoms with Crippen molar-refractivity contribution in [1.82, 2.24) is 4.98 Å². The number of hydrogen-bond acceptors (Lipinski definition) is 4. The quantitative estimate of drug-likeness (QED) is 0.945. The number of fused-ring (bicyclic) bond motifs is 1. The Labute approximate surface area is 126 Å². The van der Waals surface area contributed by atoms with Crippen molar-refractivity contribution in [2.24, 2.45) is 0 Å². The summed E-state index contributed by atoms with van der Waals surface area (Å²) in [4.78, 5) is 5.07. The summed E-state index contributed by atoms with van der Waals surface area (Å²) in [7, 11) is 0. The second-order valence-electron chi connectivity index (χ2n) is 4.65. The van der Waals surface area contributed by atoms with E-state index in [0.717, 1.165) is 22.0 Å². The van der Waals surface area contributed by atoms with E-state index in [1.165, 1.54) is 0 Å². The topological polar surface area (TPSA) is 42.4 Å². The molecular weight excluding hydrogens is 294 g/mol. The summed E-state index contributed by atoms with van der Waals surface area (Å²) in [6.07, 6.45) is 2.93. The Kier molecular flexibility index (Phi) is 4.15. The van der Waals surface area contributed by atoms with Gasteiger partial charge in [0.15, 0.2) is 0 Å². The third kappa shape index (κ3) is 2.92. The fourth-order valence-electron chi connectivity index (χ4n) is 2.15. The molecule has 1 aliphatic rings. The number of pyridine rings is 1. The second-order valence-corrected chi connectivity index (χ2v) is 6.12. The molecule has 2 unspecified atom stereocenters. The van der Waals surface area contributed by atoms with E-state index in [1.54, 1.807) is 24.2 Å². The molecule has 3 rings (SSSR count). The van der Waals surface area contributed by atoms with Crippen LogP contribution in [0, 0.1) is 0 Å². The van der Waals surface area contributed by atoms with Crippen LogP contribution in [0.2, 0.25) is 5.02 Å². The van der Waals surface area contributed by atoms with Gasteiger partial charge in [-0.25, -0.2) is 0 Å². The van der Waals surface area contributed by atoms with Gasteiger partial charge in [-0.1, -0.05) is 23.7 Å². The Bertz CT molecular complexity index is 608. The monoisotopic (exact) mass is 307 g/mol. The number of para-hydroxylation sites is 1. The van der Waals surface area contributed by atoms with Gasteiger partial charge in [-0.2, -0.15) is 0 Å². The first-order valence-corrected chi connectivity index (χ1v) is 7.75. The van der Waals surface area contributed by atoms with E-state index < -0.39 is 6.10 Å². The molecule has 0 amide bonds. The number of halogens is 1.